The van der Waals surface area contributed by atoms with E-state index in [0.29, 0.717) is 12.6 Å². The van der Waals surface area contributed by atoms with Crippen molar-refractivity contribution in [2.75, 3.05) is 30.3 Å². The third kappa shape index (κ3) is 6.00. The minimum absolute atomic E-state index is 0.0216. The van der Waals surface area contributed by atoms with Gasteiger partial charge in [-0.2, -0.15) is 17.5 Å². The predicted octanol–water partition coefficient (Wildman–Crippen LogP) is 4.10. The van der Waals surface area contributed by atoms with Gasteiger partial charge in [-0.3, -0.25) is 0 Å². The summed E-state index contributed by atoms with van der Waals surface area (Å²) in [4.78, 5) is 1.63. The van der Waals surface area contributed by atoms with Gasteiger partial charge in [-0.25, -0.2) is 21.2 Å². The fraction of sp³-hybridized carbons (Fsp3) is 0.346. The van der Waals surface area contributed by atoms with Gasteiger partial charge in [0.2, 0.25) is 10.0 Å². The number of rotatable bonds is 7. The van der Waals surface area contributed by atoms with E-state index in [-0.39, 0.29) is 40.7 Å². The first-order valence-electron chi connectivity index (χ1n) is 12.1. The molecule has 1 saturated heterocycles. The highest BCUT2D eigenvalue weighted by Gasteiger charge is 2.51. The van der Waals surface area contributed by atoms with E-state index in [2.05, 4.69) is 0 Å². The fourth-order valence-corrected chi connectivity index (χ4v) is 8.16. The Morgan fingerprint density at radius 3 is 2.20 bits per heavy atom. The molecule has 2 aromatic rings. The molecule has 0 saturated carbocycles. The monoisotopic (exact) mass is 618 g/mol. The summed E-state index contributed by atoms with van der Waals surface area (Å²) >= 11 is 5.24. The second-order valence-electron chi connectivity index (χ2n) is 9.65. The van der Waals surface area contributed by atoms with Crippen LogP contribution >= 0.6 is 12.2 Å². The number of anilines is 1. The average molecular weight is 619 g/mol. The van der Waals surface area contributed by atoms with Crippen molar-refractivity contribution in [3.8, 4) is 0 Å². The fourth-order valence-electron chi connectivity index (χ4n) is 4.55. The lowest BCUT2D eigenvalue weighted by Crippen LogP contribution is -2.57. The highest BCUT2D eigenvalue weighted by molar-refractivity contribution is 7.96. The Balaban J connectivity index is 1.69. The van der Waals surface area contributed by atoms with Gasteiger partial charge in [0.05, 0.1) is 21.6 Å². The number of allylic oxidation sites excluding steroid dienone is 4. The van der Waals surface area contributed by atoms with Crippen LogP contribution in [0.25, 0.3) is 0 Å². The summed E-state index contributed by atoms with van der Waals surface area (Å²) in [5.74, 6) is -1.19. The first-order valence-corrected chi connectivity index (χ1v) is 15.6. The molecule has 1 aliphatic heterocycles. The van der Waals surface area contributed by atoms with Crippen molar-refractivity contribution in [3.05, 3.63) is 83.0 Å². The molecule has 40 heavy (non-hydrogen) atoms. The Morgan fingerprint density at radius 1 is 1.00 bits per heavy atom. The molecule has 4 rings (SSSR count). The van der Waals surface area contributed by atoms with Crippen LogP contribution in [0.4, 0.5) is 23.2 Å². The Kier molecular flexibility index (Phi) is 8.31. The normalized spacial score (nSPS) is 20.8. The van der Waals surface area contributed by atoms with E-state index >= 15 is 0 Å². The zero-order valence-electron chi connectivity index (χ0n) is 21.2. The van der Waals surface area contributed by atoms with E-state index in [9.17, 15) is 39.5 Å². The summed E-state index contributed by atoms with van der Waals surface area (Å²) in [5, 5.41) is 10.0. The van der Waals surface area contributed by atoms with Crippen molar-refractivity contribution in [1.82, 2.24) is 4.31 Å². The maximum atomic E-state index is 13.5. The molecule has 1 N–H and O–H groups in total. The van der Waals surface area contributed by atoms with Crippen LogP contribution in [-0.4, -0.2) is 68.7 Å². The number of sulfone groups is 1. The van der Waals surface area contributed by atoms with Gasteiger partial charge in [-0.1, -0.05) is 36.5 Å². The second-order valence-corrected chi connectivity index (χ2v) is 14.1. The molecule has 14 heteroatoms. The van der Waals surface area contributed by atoms with Crippen LogP contribution in [0.3, 0.4) is 0 Å². The largest absolute Gasteiger partial charge is 0.421 e. The van der Waals surface area contributed by atoms with Gasteiger partial charge in [-0.05, 0) is 55.0 Å². The molecule has 216 valence electrons. The number of thiocarbonyl (C=S) groups is 1. The van der Waals surface area contributed by atoms with Gasteiger partial charge in [0.1, 0.15) is 5.82 Å². The molecular weight excluding hydrogens is 592 g/mol. The highest BCUT2D eigenvalue weighted by Crippen LogP contribution is 2.39. The number of nitrogens with zero attached hydrogens (tertiary/aromatic N) is 2. The Labute approximate surface area is 235 Å². The first-order chi connectivity index (χ1) is 18.5. The van der Waals surface area contributed by atoms with Crippen molar-refractivity contribution < 1.29 is 39.5 Å². The van der Waals surface area contributed by atoms with E-state index in [1.54, 1.807) is 17.1 Å². The van der Waals surface area contributed by atoms with Crippen LogP contribution in [0.1, 0.15) is 18.9 Å². The van der Waals surface area contributed by atoms with Crippen LogP contribution in [-0.2, 0) is 25.5 Å². The molecule has 0 aromatic heterocycles. The van der Waals surface area contributed by atoms with Gasteiger partial charge in [0, 0.05) is 36.6 Å². The number of sulfonamides is 1. The van der Waals surface area contributed by atoms with Crippen molar-refractivity contribution in [2.45, 2.75) is 36.1 Å². The van der Waals surface area contributed by atoms with Crippen LogP contribution < -0.4 is 4.90 Å². The van der Waals surface area contributed by atoms with Gasteiger partial charge in [0.15, 0.2) is 15.4 Å². The Morgan fingerprint density at radius 2 is 1.62 bits per heavy atom. The van der Waals surface area contributed by atoms with Crippen molar-refractivity contribution >= 4 is 42.6 Å². The minimum atomic E-state index is -4.93. The molecule has 0 bridgehead atoms. The molecule has 2 aromatic carbocycles. The molecule has 1 unspecified atom stereocenters. The second kappa shape index (κ2) is 11.0. The zero-order valence-corrected chi connectivity index (χ0v) is 23.6. The molecular formula is C26H26F4N2O5S3. The molecule has 2 atom stereocenters. The number of hydrogen-bond acceptors (Lipinski definition) is 7. The molecule has 0 spiro atoms. The molecule has 7 nitrogen and oxygen atoms in total. The van der Waals surface area contributed by atoms with Gasteiger partial charge >= 0.3 is 6.18 Å². The summed E-state index contributed by atoms with van der Waals surface area (Å²) in [7, 11) is -8.11. The topological polar surface area (TPSA) is 95.0 Å². The number of alkyl halides is 3. The maximum Gasteiger partial charge on any atom is 0.421 e. The summed E-state index contributed by atoms with van der Waals surface area (Å²) in [6, 6.07) is 8.08. The molecule has 0 radical (unpaired) electrons. The van der Waals surface area contributed by atoms with Gasteiger partial charge < -0.3 is 10.0 Å². The van der Waals surface area contributed by atoms with Crippen molar-refractivity contribution in [3.63, 3.8) is 0 Å². The number of aliphatic hydroxyl groups is 1. The Hall–Kier alpha value is -2.65. The lowest BCUT2D eigenvalue weighted by Gasteiger charge is -2.42. The van der Waals surface area contributed by atoms with Gasteiger partial charge in [-0.15, -0.1) is 0 Å². The molecule has 1 heterocycles. The van der Waals surface area contributed by atoms with E-state index in [4.69, 9.17) is 12.2 Å². The van der Waals surface area contributed by atoms with E-state index in [1.807, 2.05) is 0 Å². The quantitative estimate of drug-likeness (QED) is 0.284. The van der Waals surface area contributed by atoms with Crippen LogP contribution in [0.2, 0.25) is 0 Å². The highest BCUT2D eigenvalue weighted by atomic mass is 32.2. The van der Waals surface area contributed by atoms with E-state index in [1.165, 1.54) is 18.2 Å². The third-order valence-corrected chi connectivity index (χ3v) is 11.2. The smallest absolute Gasteiger partial charge is 0.376 e. The van der Waals surface area contributed by atoms with Crippen molar-refractivity contribution in [2.24, 2.45) is 0 Å². The van der Waals surface area contributed by atoms with Crippen LogP contribution in [0, 0.1) is 5.82 Å². The average Bonchev–Trinajstić information content (AvgIpc) is 2.88. The molecule has 2 aliphatic rings. The maximum absolute atomic E-state index is 13.5. The van der Waals surface area contributed by atoms with Crippen LogP contribution in [0.15, 0.2) is 76.6 Å². The van der Waals surface area contributed by atoms with Gasteiger partial charge in [0.25, 0.3) is 0 Å². The molecule has 0 amide bonds. The summed E-state index contributed by atoms with van der Waals surface area (Å²) in [6.07, 6.45) is 0.0354. The number of hydrogen-bond donors (Lipinski definition) is 1. The predicted molar refractivity (Wildman–Crippen MR) is 147 cm³/mol. The number of halogens is 4. The minimum Gasteiger partial charge on any atom is -0.376 e. The first kappa shape index (κ1) is 30.3. The lowest BCUT2D eigenvalue weighted by molar-refractivity contribution is -0.258. The number of piperazine rings is 1. The zero-order chi connectivity index (χ0) is 29.5. The van der Waals surface area contributed by atoms with E-state index in [0.717, 1.165) is 40.7 Å². The molecule has 1 fully saturated rings. The van der Waals surface area contributed by atoms with E-state index < -0.39 is 54.8 Å². The summed E-state index contributed by atoms with van der Waals surface area (Å²) < 4.78 is 108. The lowest BCUT2D eigenvalue weighted by atomic mass is 9.95. The summed E-state index contributed by atoms with van der Waals surface area (Å²) in [6.45, 7) is 0.354. The standard InChI is InChI=1S/C26H26F4N2O5S3/c1-25(33,26(28,29)30)18-6-10-20(11-7-18)32-15-14-31(40(36,37)24-5-3-2-4-23(24)38)16-21(32)17-39(34,35)22-12-8-19(27)9-13-22/h2-3,5-13,21,33H,4,14-17H2,1H3/t21-,25?/m1/s1. The van der Waals surface area contributed by atoms with Crippen molar-refractivity contribution in [1.29, 1.82) is 0 Å². The third-order valence-electron chi connectivity index (χ3n) is 6.92. The SMILES string of the molecule is CC(O)(c1ccc(N2CCN(S(=O)(=O)C3=CC=CCC3=S)C[C@@H]2CS(=O)(=O)c2ccc(F)cc2)cc1)C(F)(F)F. The molecule has 1 aliphatic carbocycles. The van der Waals surface area contributed by atoms with Crippen LogP contribution in [0.5, 0.6) is 0 Å². The summed E-state index contributed by atoms with van der Waals surface area (Å²) in [5.41, 5.74) is -3.18. The Bertz CT molecular complexity index is 1550. The number of benzene rings is 2.